The molecule has 0 fully saturated rings. The summed E-state index contributed by atoms with van der Waals surface area (Å²) in [5, 5.41) is 7.56. The van der Waals surface area contributed by atoms with Gasteiger partial charge < -0.3 is 10.7 Å². The second-order valence-corrected chi connectivity index (χ2v) is 3.52. The highest BCUT2D eigenvalue weighted by Gasteiger charge is 2.09. The van der Waals surface area contributed by atoms with Crippen molar-refractivity contribution in [2.75, 3.05) is 5.73 Å². The first-order valence-electron chi connectivity index (χ1n) is 4.66. The average molecular weight is 216 g/mol. The molecule has 0 atom stereocenters. The van der Waals surface area contributed by atoms with Crippen molar-refractivity contribution in [1.29, 1.82) is 0 Å². The lowest BCUT2D eigenvalue weighted by Gasteiger charge is -1.97. The van der Waals surface area contributed by atoms with Crippen molar-refractivity contribution in [3.8, 4) is 0 Å². The van der Waals surface area contributed by atoms with Crippen LogP contribution in [-0.4, -0.2) is 25.1 Å². The maximum absolute atomic E-state index is 11.7. The van der Waals surface area contributed by atoms with Crippen molar-refractivity contribution < 1.29 is 0 Å². The van der Waals surface area contributed by atoms with Crippen molar-refractivity contribution >= 4 is 27.9 Å². The number of anilines is 1. The maximum atomic E-state index is 11.7. The fourth-order valence-corrected chi connectivity index (χ4v) is 1.62. The van der Waals surface area contributed by atoms with Gasteiger partial charge in [-0.25, -0.2) is 9.97 Å². The number of aromatic amines is 2. The zero-order valence-electron chi connectivity index (χ0n) is 8.40. The molecule has 0 amide bonds. The van der Waals surface area contributed by atoms with Crippen molar-refractivity contribution in [3.05, 3.63) is 22.2 Å². The number of rotatable bonds is 0. The lowest BCUT2D eigenvalue weighted by molar-refractivity contribution is 1.04. The molecule has 3 rings (SSSR count). The van der Waals surface area contributed by atoms with Gasteiger partial charge in [0.15, 0.2) is 11.3 Å². The zero-order chi connectivity index (χ0) is 11.3. The Hall–Kier alpha value is -2.44. The second kappa shape index (κ2) is 2.78. The highest BCUT2D eigenvalue weighted by molar-refractivity contribution is 5.94. The molecule has 4 N–H and O–H groups in total. The Morgan fingerprint density at radius 2 is 2.06 bits per heavy atom. The summed E-state index contributed by atoms with van der Waals surface area (Å²) in [7, 11) is 0. The molecular formula is C9H8N6O. The van der Waals surface area contributed by atoms with Crippen LogP contribution in [0.25, 0.3) is 22.1 Å². The van der Waals surface area contributed by atoms with Crippen LogP contribution in [0.2, 0.25) is 0 Å². The van der Waals surface area contributed by atoms with E-state index in [4.69, 9.17) is 5.73 Å². The fraction of sp³-hybridized carbons (Fsp3) is 0.111. The normalized spacial score (nSPS) is 11.3. The van der Waals surface area contributed by atoms with E-state index in [-0.39, 0.29) is 5.56 Å². The predicted molar refractivity (Wildman–Crippen MR) is 59.0 cm³/mol. The topological polar surface area (TPSA) is 113 Å². The van der Waals surface area contributed by atoms with E-state index in [0.717, 1.165) is 0 Å². The number of hydrogen-bond acceptors (Lipinski definition) is 5. The summed E-state index contributed by atoms with van der Waals surface area (Å²) in [6.07, 6.45) is 0. The minimum absolute atomic E-state index is 0.225. The molecule has 0 unspecified atom stereocenters. The van der Waals surface area contributed by atoms with Gasteiger partial charge in [0.2, 0.25) is 0 Å². The molecule has 7 nitrogen and oxygen atoms in total. The number of nitrogen functional groups attached to an aromatic ring is 1. The molecule has 0 aromatic carbocycles. The monoisotopic (exact) mass is 216 g/mol. The molecule has 7 heteroatoms. The molecule has 3 heterocycles. The SMILES string of the molecule is Cc1nc2nc3n[nH]c(N)c3cc2c(=O)[nH]1. The van der Waals surface area contributed by atoms with Crippen LogP contribution in [0.1, 0.15) is 5.82 Å². The largest absolute Gasteiger partial charge is 0.384 e. The molecule has 0 saturated heterocycles. The van der Waals surface area contributed by atoms with Crippen LogP contribution in [0.15, 0.2) is 10.9 Å². The zero-order valence-corrected chi connectivity index (χ0v) is 8.40. The third kappa shape index (κ3) is 1.08. The van der Waals surface area contributed by atoms with E-state index in [9.17, 15) is 4.79 Å². The van der Waals surface area contributed by atoms with E-state index < -0.39 is 0 Å². The van der Waals surface area contributed by atoms with E-state index in [2.05, 4.69) is 25.1 Å². The summed E-state index contributed by atoms with van der Waals surface area (Å²) >= 11 is 0. The first kappa shape index (κ1) is 8.84. The second-order valence-electron chi connectivity index (χ2n) is 3.52. The molecule has 80 valence electrons. The van der Waals surface area contributed by atoms with E-state index in [1.54, 1.807) is 13.0 Å². The molecule has 0 spiro atoms. The predicted octanol–water partition coefficient (Wildman–Crippen LogP) is 0.0850. The Morgan fingerprint density at radius 3 is 2.88 bits per heavy atom. The Balaban J connectivity index is 2.58. The standard InChI is InChI=1S/C9H8N6O/c1-3-11-7-5(9(16)12-3)2-4-6(10)14-15-8(4)13-7/h2H,1H3,(H4,10,11,12,13,14,15,16). The molecular weight excluding hydrogens is 208 g/mol. The molecule has 16 heavy (non-hydrogen) atoms. The van der Waals surface area contributed by atoms with Crippen LogP contribution in [-0.2, 0) is 0 Å². The number of hydrogen-bond donors (Lipinski definition) is 3. The number of aryl methyl sites for hydroxylation is 1. The first-order valence-corrected chi connectivity index (χ1v) is 4.66. The smallest absolute Gasteiger partial charge is 0.260 e. The van der Waals surface area contributed by atoms with Crippen LogP contribution >= 0.6 is 0 Å². The average Bonchev–Trinajstić information content (AvgIpc) is 2.57. The van der Waals surface area contributed by atoms with Crippen LogP contribution in [0.4, 0.5) is 5.82 Å². The van der Waals surface area contributed by atoms with Crippen molar-refractivity contribution in [1.82, 2.24) is 25.1 Å². The number of aromatic nitrogens is 5. The summed E-state index contributed by atoms with van der Waals surface area (Å²) < 4.78 is 0. The third-order valence-electron chi connectivity index (χ3n) is 2.37. The lowest BCUT2D eigenvalue weighted by Crippen LogP contribution is -2.10. The van der Waals surface area contributed by atoms with E-state index in [1.165, 1.54) is 0 Å². The Kier molecular flexibility index (Phi) is 1.54. The summed E-state index contributed by atoms with van der Waals surface area (Å²) in [4.78, 5) is 22.6. The number of H-pyrrole nitrogens is 2. The number of fused-ring (bicyclic) bond motifs is 2. The quantitative estimate of drug-likeness (QED) is 0.492. The summed E-state index contributed by atoms with van der Waals surface area (Å²) in [5.74, 6) is 0.914. The van der Waals surface area contributed by atoms with Gasteiger partial charge in [-0.3, -0.25) is 9.89 Å². The minimum Gasteiger partial charge on any atom is -0.384 e. The van der Waals surface area contributed by atoms with Crippen LogP contribution in [0.5, 0.6) is 0 Å². The lowest BCUT2D eigenvalue weighted by atomic mass is 10.2. The summed E-state index contributed by atoms with van der Waals surface area (Å²) in [5.41, 5.74) is 6.27. The number of nitrogens with two attached hydrogens (primary N) is 1. The van der Waals surface area contributed by atoms with Gasteiger partial charge >= 0.3 is 0 Å². The van der Waals surface area contributed by atoms with E-state index in [1.807, 2.05) is 0 Å². The van der Waals surface area contributed by atoms with Gasteiger partial charge in [-0.15, -0.1) is 0 Å². The van der Waals surface area contributed by atoms with Gasteiger partial charge in [0.25, 0.3) is 5.56 Å². The summed E-state index contributed by atoms with van der Waals surface area (Å²) in [6, 6.07) is 1.64. The minimum atomic E-state index is -0.225. The third-order valence-corrected chi connectivity index (χ3v) is 2.37. The molecule has 0 bridgehead atoms. The van der Waals surface area contributed by atoms with Crippen LogP contribution in [0, 0.1) is 6.92 Å². The molecule has 0 radical (unpaired) electrons. The van der Waals surface area contributed by atoms with E-state index in [0.29, 0.717) is 33.7 Å². The van der Waals surface area contributed by atoms with Crippen molar-refractivity contribution in [3.63, 3.8) is 0 Å². The van der Waals surface area contributed by atoms with Gasteiger partial charge in [-0.2, -0.15) is 5.10 Å². The Bertz CT molecular complexity index is 756. The van der Waals surface area contributed by atoms with Crippen molar-refractivity contribution in [2.45, 2.75) is 6.92 Å². The number of nitrogens with zero attached hydrogens (tertiary/aromatic N) is 3. The van der Waals surface area contributed by atoms with E-state index >= 15 is 0 Å². The van der Waals surface area contributed by atoms with Gasteiger partial charge in [-0.1, -0.05) is 0 Å². The molecule has 3 aromatic heterocycles. The van der Waals surface area contributed by atoms with Crippen LogP contribution in [0.3, 0.4) is 0 Å². The van der Waals surface area contributed by atoms with Crippen molar-refractivity contribution in [2.24, 2.45) is 0 Å². The fourth-order valence-electron chi connectivity index (χ4n) is 1.62. The van der Waals surface area contributed by atoms with Gasteiger partial charge in [0, 0.05) is 0 Å². The molecule has 0 aliphatic rings. The Labute approximate surface area is 88.7 Å². The summed E-state index contributed by atoms with van der Waals surface area (Å²) in [6.45, 7) is 1.70. The highest BCUT2D eigenvalue weighted by Crippen LogP contribution is 2.18. The van der Waals surface area contributed by atoms with Gasteiger partial charge in [0.05, 0.1) is 10.8 Å². The molecule has 3 aromatic rings. The molecule has 0 aliphatic carbocycles. The maximum Gasteiger partial charge on any atom is 0.260 e. The van der Waals surface area contributed by atoms with Gasteiger partial charge in [0.1, 0.15) is 11.6 Å². The number of nitrogens with one attached hydrogen (secondary N) is 2. The Morgan fingerprint density at radius 1 is 1.25 bits per heavy atom. The van der Waals surface area contributed by atoms with Gasteiger partial charge in [-0.05, 0) is 13.0 Å². The van der Waals surface area contributed by atoms with Crippen LogP contribution < -0.4 is 11.3 Å². The first-order chi connectivity index (χ1) is 7.65. The highest BCUT2D eigenvalue weighted by atomic mass is 16.1. The molecule has 0 saturated carbocycles. The molecule has 0 aliphatic heterocycles. The number of pyridine rings is 1.